The molecule has 15 unspecified atom stereocenters. The quantitative estimate of drug-likeness (QED) is 0.111. The van der Waals surface area contributed by atoms with Gasteiger partial charge in [-0.25, -0.2) is 4.79 Å². The van der Waals surface area contributed by atoms with Crippen LogP contribution < -0.4 is 0 Å². The van der Waals surface area contributed by atoms with Crippen molar-refractivity contribution in [3.8, 4) is 0 Å². The smallest absolute Gasteiger partial charge is 0.329 e. The van der Waals surface area contributed by atoms with Crippen LogP contribution in [0, 0.1) is 47.3 Å². The largest absolute Gasteiger partial charge is 0.460 e. The molecule has 3 fully saturated rings. The molecule has 4 aliphatic rings. The van der Waals surface area contributed by atoms with Crippen LogP contribution in [0.25, 0.3) is 0 Å². The Bertz CT molecular complexity index is 1810. The Morgan fingerprint density at radius 2 is 1.60 bits per heavy atom. The number of ketones is 3. The van der Waals surface area contributed by atoms with Gasteiger partial charge >= 0.3 is 5.97 Å². The van der Waals surface area contributed by atoms with Crippen molar-refractivity contribution in [2.45, 2.75) is 168 Å². The molecule has 2 bridgehead atoms. The number of rotatable bonds is 9. The zero-order valence-corrected chi connectivity index (χ0v) is 41.9. The van der Waals surface area contributed by atoms with Crippen LogP contribution in [0.1, 0.15) is 126 Å². The number of cyclic esters (lactones) is 1. The molecule has 15 nitrogen and oxygen atoms in total. The maximum atomic E-state index is 14.4. The predicted octanol–water partition coefficient (Wildman–Crippen LogP) is 5.38. The molecule has 15 atom stereocenters. The van der Waals surface area contributed by atoms with Crippen LogP contribution in [0.2, 0.25) is 0 Å². The van der Waals surface area contributed by atoms with Crippen molar-refractivity contribution in [3.63, 3.8) is 0 Å². The normalized spacial score (nSPS) is 39.2. The van der Waals surface area contributed by atoms with Crippen LogP contribution in [-0.4, -0.2) is 142 Å². The van der Waals surface area contributed by atoms with Crippen LogP contribution >= 0.6 is 0 Å². The van der Waals surface area contributed by atoms with Gasteiger partial charge in [-0.05, 0) is 108 Å². The van der Waals surface area contributed by atoms with Crippen molar-refractivity contribution >= 4 is 29.2 Å². The molecule has 384 valence electrons. The number of piperidine rings is 1. The zero-order valence-electron chi connectivity index (χ0n) is 41.9. The molecule has 3 aliphatic heterocycles. The van der Waals surface area contributed by atoms with Crippen molar-refractivity contribution < 1.29 is 68.5 Å². The molecule has 1 saturated carbocycles. The second-order valence-corrected chi connectivity index (χ2v) is 20.4. The topological polar surface area (TPSA) is 227 Å². The first-order valence-corrected chi connectivity index (χ1v) is 25.2. The van der Waals surface area contributed by atoms with E-state index >= 15 is 0 Å². The molecule has 2 saturated heterocycles. The SMILES string of the molecule is COC1CC(CC(C)C2CC(=O)C(C)/C=C(\C)C(O)C(CO)C(=O)C(C)CC(C)/C=C/C=C/C=C(\C)C(CO)CC3CCC(C)C(O)(O3)C(=O)C(=O)N3CCCCC3C(=O)O2)CCC1OCCO. The van der Waals surface area contributed by atoms with Crippen molar-refractivity contribution in [3.05, 3.63) is 47.6 Å². The molecule has 0 aromatic carbocycles. The van der Waals surface area contributed by atoms with Gasteiger partial charge < -0.3 is 49.4 Å². The number of hydrogen-bond donors (Lipinski definition) is 5. The number of fused-ring (bicyclic) bond motifs is 3. The number of esters is 1. The Kier molecular flexibility index (Phi) is 22.9. The van der Waals surface area contributed by atoms with E-state index in [-0.39, 0.29) is 93.1 Å². The summed E-state index contributed by atoms with van der Waals surface area (Å²) in [6.45, 7) is 11.8. The maximum absolute atomic E-state index is 14.4. The van der Waals surface area contributed by atoms with Crippen LogP contribution in [-0.2, 0) is 42.9 Å². The van der Waals surface area contributed by atoms with Gasteiger partial charge in [-0.1, -0.05) is 76.6 Å². The van der Waals surface area contributed by atoms with Crippen LogP contribution in [0.4, 0.5) is 0 Å². The summed E-state index contributed by atoms with van der Waals surface area (Å²) in [5, 5.41) is 53.5. The number of nitrogens with zero attached hydrogens (tertiary/aromatic N) is 1. The number of carbonyl (C=O) groups is 5. The number of aliphatic hydroxyl groups is 5. The van der Waals surface area contributed by atoms with Crippen LogP contribution in [0.5, 0.6) is 0 Å². The standard InChI is InChI=1S/C53H83NO14/c1-32-14-10-9-11-15-33(2)40(30-56)28-41-19-17-38(7)53(64,68-41)50(61)51(62)54-21-13-12-16-43(54)52(63)67-46(35(4)26-39-18-20-45(66-23-22-55)47(27-39)65-8)29-44(58)34(3)25-37(6)49(60)42(31-57)48(59)36(5)24-32/h9-11,14-15,25,32,34-36,38-43,45-47,49,55-57,60,64H,12-13,16-24,26-31H2,1-8H3/b11-9+,14-10+,33-15+,37-25+. The van der Waals surface area contributed by atoms with Gasteiger partial charge in [-0.2, -0.15) is 0 Å². The molecule has 3 heterocycles. The van der Waals surface area contributed by atoms with Gasteiger partial charge in [0.2, 0.25) is 5.79 Å². The van der Waals surface area contributed by atoms with E-state index in [1.807, 2.05) is 51.2 Å². The van der Waals surface area contributed by atoms with E-state index in [2.05, 4.69) is 0 Å². The summed E-state index contributed by atoms with van der Waals surface area (Å²) >= 11 is 0. The van der Waals surface area contributed by atoms with Gasteiger partial charge in [0.1, 0.15) is 23.7 Å². The molecular weight excluding hydrogens is 875 g/mol. The molecule has 0 spiro atoms. The summed E-state index contributed by atoms with van der Waals surface area (Å²) in [7, 11) is 1.62. The summed E-state index contributed by atoms with van der Waals surface area (Å²) in [5.74, 6) is -9.81. The number of Topliss-reactive ketones (excluding diaryl/α,β-unsaturated/α-hetero) is 3. The third-order valence-electron chi connectivity index (χ3n) is 15.1. The molecule has 1 aliphatic carbocycles. The maximum Gasteiger partial charge on any atom is 0.329 e. The fourth-order valence-electron chi connectivity index (χ4n) is 10.6. The summed E-state index contributed by atoms with van der Waals surface area (Å²) in [5.41, 5.74) is 1.19. The monoisotopic (exact) mass is 958 g/mol. The number of ether oxygens (including phenoxy) is 4. The second-order valence-electron chi connectivity index (χ2n) is 20.4. The molecule has 1 amide bonds. The third-order valence-corrected chi connectivity index (χ3v) is 15.1. The molecule has 5 N–H and O–H groups in total. The molecule has 0 radical (unpaired) electrons. The second kappa shape index (κ2) is 27.3. The van der Waals surface area contributed by atoms with Crippen molar-refractivity contribution in [2.75, 3.05) is 40.1 Å². The number of hydrogen-bond acceptors (Lipinski definition) is 14. The van der Waals surface area contributed by atoms with Crippen molar-refractivity contribution in [1.82, 2.24) is 4.90 Å². The molecule has 15 heteroatoms. The first-order chi connectivity index (χ1) is 32.3. The average Bonchev–Trinajstić information content (AvgIpc) is 3.32. The first-order valence-electron chi connectivity index (χ1n) is 25.2. The molecule has 0 aromatic rings. The average molecular weight is 958 g/mol. The van der Waals surface area contributed by atoms with Gasteiger partial charge in [0, 0.05) is 50.4 Å². The van der Waals surface area contributed by atoms with E-state index in [0.717, 1.165) is 12.0 Å². The van der Waals surface area contributed by atoms with Gasteiger partial charge in [0.25, 0.3) is 11.7 Å². The fourth-order valence-corrected chi connectivity index (χ4v) is 10.6. The highest BCUT2D eigenvalue weighted by atomic mass is 16.6. The minimum atomic E-state index is -2.47. The van der Waals surface area contributed by atoms with Gasteiger partial charge in [0.05, 0.1) is 50.2 Å². The van der Waals surface area contributed by atoms with Gasteiger partial charge in [-0.15, -0.1) is 0 Å². The van der Waals surface area contributed by atoms with E-state index in [1.165, 1.54) is 4.90 Å². The van der Waals surface area contributed by atoms with Crippen LogP contribution in [0.3, 0.4) is 0 Å². The van der Waals surface area contributed by atoms with Crippen LogP contribution in [0.15, 0.2) is 47.6 Å². The van der Waals surface area contributed by atoms with E-state index < -0.39 is 78.1 Å². The lowest BCUT2D eigenvalue weighted by Gasteiger charge is -2.43. The highest BCUT2D eigenvalue weighted by molar-refractivity contribution is 6.39. The molecule has 0 aromatic heterocycles. The highest BCUT2D eigenvalue weighted by Crippen LogP contribution is 2.38. The Balaban J connectivity index is 1.70. The molecule has 4 rings (SSSR count). The Labute approximate surface area is 404 Å². The fraction of sp³-hybridized carbons (Fsp3) is 0.755. The summed E-state index contributed by atoms with van der Waals surface area (Å²) < 4.78 is 24.1. The third kappa shape index (κ3) is 15.3. The number of allylic oxidation sites excluding steroid dienone is 6. The lowest BCUT2D eigenvalue weighted by molar-refractivity contribution is -0.265. The lowest BCUT2D eigenvalue weighted by atomic mass is 9.78. The predicted molar refractivity (Wildman–Crippen MR) is 256 cm³/mol. The molecular formula is C53H83NO14. The Morgan fingerprint density at radius 1 is 0.868 bits per heavy atom. The highest BCUT2D eigenvalue weighted by Gasteiger charge is 2.53. The van der Waals surface area contributed by atoms with Crippen molar-refractivity contribution in [1.29, 1.82) is 0 Å². The van der Waals surface area contributed by atoms with Crippen molar-refractivity contribution in [2.24, 2.45) is 47.3 Å². The summed E-state index contributed by atoms with van der Waals surface area (Å²) in [6, 6.07) is -1.17. The van der Waals surface area contributed by atoms with Gasteiger partial charge in [-0.3, -0.25) is 19.2 Å². The zero-order chi connectivity index (χ0) is 50.3. The minimum absolute atomic E-state index is 0.0256. The lowest BCUT2D eigenvalue weighted by Crippen LogP contribution is -2.60. The number of amides is 1. The Hall–Kier alpha value is -3.41. The summed E-state index contributed by atoms with van der Waals surface area (Å²) in [6.07, 6.45) is 12.9. The minimum Gasteiger partial charge on any atom is -0.460 e. The molecule has 68 heavy (non-hydrogen) atoms. The Morgan fingerprint density at radius 3 is 2.28 bits per heavy atom. The van der Waals surface area contributed by atoms with E-state index in [9.17, 15) is 49.5 Å². The van der Waals surface area contributed by atoms with Gasteiger partial charge in [0.15, 0.2) is 0 Å². The first kappa shape index (κ1) is 57.2. The number of aliphatic hydroxyl groups excluding tert-OH is 4. The van der Waals surface area contributed by atoms with E-state index in [1.54, 1.807) is 40.9 Å². The summed E-state index contributed by atoms with van der Waals surface area (Å²) in [4.78, 5) is 72.0. The number of methoxy groups -OCH3 is 1. The van der Waals surface area contributed by atoms with E-state index in [0.29, 0.717) is 56.9 Å². The number of carbonyl (C=O) groups excluding carboxylic acids is 5. The van der Waals surface area contributed by atoms with E-state index in [4.69, 9.17) is 18.9 Å².